The highest BCUT2D eigenvalue weighted by Crippen LogP contribution is 2.28. The highest BCUT2D eigenvalue weighted by Gasteiger charge is 2.25. The predicted molar refractivity (Wildman–Crippen MR) is 98.0 cm³/mol. The molecular weight excluding hydrogens is 372 g/mol. The average Bonchev–Trinajstić information content (AvgIpc) is 3.12. The Morgan fingerprint density at radius 1 is 1.44 bits per heavy atom. The van der Waals surface area contributed by atoms with Crippen molar-refractivity contribution in [2.75, 3.05) is 23.4 Å². The van der Waals surface area contributed by atoms with Crippen molar-refractivity contribution in [3.8, 4) is 6.07 Å². The zero-order chi connectivity index (χ0) is 20.1. The Kier molecular flexibility index (Phi) is 6.46. The van der Waals surface area contributed by atoms with Gasteiger partial charge in [0.2, 0.25) is 17.7 Å². The van der Waals surface area contributed by atoms with Gasteiger partial charge in [0.05, 0.1) is 12.4 Å². The second kappa shape index (κ2) is 8.59. The van der Waals surface area contributed by atoms with Crippen LogP contribution in [0.5, 0.6) is 0 Å². The summed E-state index contributed by atoms with van der Waals surface area (Å²) in [6.07, 6.45) is 0. The molecule has 144 valence electrons. The minimum absolute atomic E-state index is 0.00939. The van der Waals surface area contributed by atoms with E-state index in [1.807, 2.05) is 6.07 Å². The van der Waals surface area contributed by atoms with E-state index in [-0.39, 0.29) is 29.8 Å². The quantitative estimate of drug-likeness (QED) is 0.531. The van der Waals surface area contributed by atoms with Crippen LogP contribution in [0.1, 0.15) is 36.8 Å². The number of amides is 1. The molecule has 3 N–H and O–H groups in total. The fraction of sp³-hybridized carbons (Fsp3) is 0.438. The van der Waals surface area contributed by atoms with Crippen molar-refractivity contribution in [2.45, 2.75) is 38.9 Å². The zero-order valence-corrected chi connectivity index (χ0v) is 16.2. The normalized spacial score (nSPS) is 11.7. The predicted octanol–water partition coefficient (Wildman–Crippen LogP) is 1.80. The number of rotatable bonds is 7. The van der Waals surface area contributed by atoms with Crippen molar-refractivity contribution < 1.29 is 18.7 Å². The fourth-order valence-electron chi connectivity index (χ4n) is 2.26. The van der Waals surface area contributed by atoms with Crippen LogP contribution in [-0.2, 0) is 14.3 Å². The number of furan rings is 1. The lowest BCUT2D eigenvalue weighted by atomic mass is 10.2. The second-order valence-corrected chi connectivity index (χ2v) is 6.51. The van der Waals surface area contributed by atoms with Gasteiger partial charge in [0, 0.05) is 5.56 Å². The fourth-order valence-corrected chi connectivity index (χ4v) is 3.08. The van der Waals surface area contributed by atoms with Gasteiger partial charge in [-0.3, -0.25) is 19.5 Å². The summed E-state index contributed by atoms with van der Waals surface area (Å²) in [5, 5.41) is 19.8. The first-order valence-corrected chi connectivity index (χ1v) is 9.08. The number of hydrogen-bond donors (Lipinski definition) is 2. The van der Waals surface area contributed by atoms with Crippen LogP contribution in [0.3, 0.4) is 0 Å². The molecule has 2 aromatic heterocycles. The van der Waals surface area contributed by atoms with Crippen molar-refractivity contribution in [1.82, 2.24) is 14.8 Å². The summed E-state index contributed by atoms with van der Waals surface area (Å²) >= 11 is 1.06. The minimum Gasteiger partial charge on any atom is -0.465 e. The number of esters is 1. The number of thioether (sulfide) groups is 1. The largest absolute Gasteiger partial charge is 0.465 e. The molecule has 0 aliphatic heterocycles. The van der Waals surface area contributed by atoms with Crippen LogP contribution < -0.4 is 11.1 Å². The zero-order valence-electron chi connectivity index (χ0n) is 15.4. The number of nitrogens with two attached hydrogens (primary N) is 1. The van der Waals surface area contributed by atoms with E-state index in [4.69, 9.17) is 14.9 Å². The number of carbonyl (C=O) groups excluding carboxylic acids is 2. The summed E-state index contributed by atoms with van der Waals surface area (Å²) in [5.74, 6) is -0.218. The molecule has 0 bridgehead atoms. The summed E-state index contributed by atoms with van der Waals surface area (Å²) in [4.78, 5) is 24.2. The third-order valence-electron chi connectivity index (χ3n) is 3.82. The monoisotopic (exact) mass is 392 g/mol. The van der Waals surface area contributed by atoms with Crippen LogP contribution in [0.15, 0.2) is 9.57 Å². The van der Waals surface area contributed by atoms with E-state index in [1.165, 1.54) is 4.57 Å². The highest BCUT2D eigenvalue weighted by molar-refractivity contribution is 7.99. The van der Waals surface area contributed by atoms with Crippen molar-refractivity contribution in [2.24, 2.45) is 0 Å². The van der Waals surface area contributed by atoms with Gasteiger partial charge in [-0.25, -0.2) is 0 Å². The molecule has 27 heavy (non-hydrogen) atoms. The van der Waals surface area contributed by atoms with Crippen LogP contribution in [-0.4, -0.2) is 39.0 Å². The Balaban J connectivity index is 2.18. The van der Waals surface area contributed by atoms with Gasteiger partial charge in [-0.15, -0.1) is 10.2 Å². The van der Waals surface area contributed by atoms with Gasteiger partial charge in [0.25, 0.3) is 0 Å². The molecule has 0 radical (unpaired) electrons. The summed E-state index contributed by atoms with van der Waals surface area (Å²) in [7, 11) is 0. The number of carbonyl (C=O) groups is 2. The topological polar surface area (TPSA) is 149 Å². The Hall–Kier alpha value is -3.00. The molecule has 0 aliphatic rings. The lowest BCUT2D eigenvalue weighted by Gasteiger charge is -2.15. The maximum absolute atomic E-state index is 12.6. The number of nitrogens with one attached hydrogen (secondary N) is 1. The Labute approximate surface area is 160 Å². The minimum atomic E-state index is -0.804. The third-order valence-corrected chi connectivity index (χ3v) is 4.73. The number of hydrogen-bond acceptors (Lipinski definition) is 9. The Morgan fingerprint density at radius 3 is 2.78 bits per heavy atom. The van der Waals surface area contributed by atoms with E-state index >= 15 is 0 Å². The molecule has 2 rings (SSSR count). The Bertz CT molecular complexity index is 898. The van der Waals surface area contributed by atoms with Crippen molar-refractivity contribution in [3.63, 3.8) is 0 Å². The molecule has 1 atom stereocenters. The molecule has 1 unspecified atom stereocenters. The molecule has 0 saturated carbocycles. The van der Waals surface area contributed by atoms with Gasteiger partial charge in [0.1, 0.15) is 23.4 Å². The number of aromatic nitrogens is 3. The van der Waals surface area contributed by atoms with Crippen LogP contribution in [0, 0.1) is 25.2 Å². The molecule has 2 heterocycles. The molecule has 0 aliphatic carbocycles. The standard InChI is InChI=1S/C16H20N6O4S/c1-5-25-12(23)7-27-16-21-20-15(18)22(16)9(3)13(24)19-14-11(6-17)8(2)10(4)26-14/h9H,5,7H2,1-4H3,(H2,18,20)(H,19,24). The molecular formula is C16H20N6O4S. The van der Waals surface area contributed by atoms with Crippen LogP contribution in [0.4, 0.5) is 11.8 Å². The van der Waals surface area contributed by atoms with E-state index in [0.717, 1.165) is 11.8 Å². The third kappa shape index (κ3) is 4.40. The summed E-state index contributed by atoms with van der Waals surface area (Å²) < 4.78 is 11.7. The first kappa shape index (κ1) is 20.3. The van der Waals surface area contributed by atoms with Gasteiger partial charge in [-0.1, -0.05) is 11.8 Å². The van der Waals surface area contributed by atoms with E-state index in [0.29, 0.717) is 16.5 Å². The number of nitriles is 1. The van der Waals surface area contributed by atoms with E-state index in [9.17, 15) is 14.9 Å². The smallest absolute Gasteiger partial charge is 0.316 e. The first-order chi connectivity index (χ1) is 12.8. The van der Waals surface area contributed by atoms with Gasteiger partial charge in [-0.2, -0.15) is 5.26 Å². The van der Waals surface area contributed by atoms with Gasteiger partial charge < -0.3 is 14.9 Å². The molecule has 0 fully saturated rings. The number of aryl methyl sites for hydroxylation is 1. The van der Waals surface area contributed by atoms with Crippen LogP contribution in [0.25, 0.3) is 0 Å². The lowest BCUT2D eigenvalue weighted by molar-refractivity contribution is -0.139. The van der Waals surface area contributed by atoms with Crippen molar-refractivity contribution in [1.29, 1.82) is 5.26 Å². The Morgan fingerprint density at radius 2 is 2.15 bits per heavy atom. The molecule has 10 nitrogen and oxygen atoms in total. The van der Waals surface area contributed by atoms with Crippen LogP contribution in [0.2, 0.25) is 0 Å². The van der Waals surface area contributed by atoms with Crippen LogP contribution >= 0.6 is 11.8 Å². The molecule has 0 aromatic carbocycles. The molecule has 0 saturated heterocycles. The molecule has 0 spiro atoms. The average molecular weight is 392 g/mol. The molecule has 1 amide bonds. The van der Waals surface area contributed by atoms with Crippen molar-refractivity contribution >= 4 is 35.5 Å². The number of anilines is 2. The molecule has 11 heteroatoms. The molecule has 2 aromatic rings. The SMILES string of the molecule is CCOC(=O)CSc1nnc(N)n1C(C)C(=O)Nc1oc(C)c(C)c1C#N. The van der Waals surface area contributed by atoms with Crippen molar-refractivity contribution in [3.05, 3.63) is 16.9 Å². The van der Waals surface area contributed by atoms with E-state index < -0.39 is 17.9 Å². The summed E-state index contributed by atoms with van der Waals surface area (Å²) in [6, 6.07) is 1.21. The second-order valence-electron chi connectivity index (χ2n) is 5.57. The number of nitrogens with zero attached hydrogens (tertiary/aromatic N) is 4. The van der Waals surface area contributed by atoms with E-state index in [2.05, 4.69) is 15.5 Å². The summed E-state index contributed by atoms with van der Waals surface area (Å²) in [6.45, 7) is 7.02. The van der Waals surface area contributed by atoms with Gasteiger partial charge in [-0.05, 0) is 27.7 Å². The highest BCUT2D eigenvalue weighted by atomic mass is 32.2. The number of nitrogen functional groups attached to an aromatic ring is 1. The lowest BCUT2D eigenvalue weighted by Crippen LogP contribution is -2.25. The summed E-state index contributed by atoms with van der Waals surface area (Å²) in [5.41, 5.74) is 6.75. The maximum atomic E-state index is 12.6. The van der Waals surface area contributed by atoms with Gasteiger partial charge in [0.15, 0.2) is 5.16 Å². The van der Waals surface area contributed by atoms with E-state index in [1.54, 1.807) is 27.7 Å². The van der Waals surface area contributed by atoms with Gasteiger partial charge >= 0.3 is 5.97 Å². The first-order valence-electron chi connectivity index (χ1n) is 8.09. The number of ether oxygens (including phenoxy) is 1. The maximum Gasteiger partial charge on any atom is 0.316 e.